The summed E-state index contributed by atoms with van der Waals surface area (Å²) < 4.78 is 1.81. The maximum absolute atomic E-state index is 5.99. The van der Waals surface area contributed by atoms with E-state index in [0.29, 0.717) is 23.3 Å². The van der Waals surface area contributed by atoms with Gasteiger partial charge in [-0.2, -0.15) is 10.1 Å². The smallest absolute Gasteiger partial charge is 0.239 e. The van der Waals surface area contributed by atoms with E-state index in [1.165, 1.54) is 6.20 Å². The van der Waals surface area contributed by atoms with Gasteiger partial charge >= 0.3 is 0 Å². The predicted molar refractivity (Wildman–Crippen MR) is 70.1 cm³/mol. The fourth-order valence-corrected chi connectivity index (χ4v) is 1.62. The molecule has 0 fully saturated rings. The summed E-state index contributed by atoms with van der Waals surface area (Å²) in [6.07, 6.45) is 3.29. The Morgan fingerprint density at radius 1 is 1.44 bits per heavy atom. The van der Waals surface area contributed by atoms with Gasteiger partial charge in [0.25, 0.3) is 0 Å². The van der Waals surface area contributed by atoms with E-state index in [1.807, 2.05) is 18.7 Å². The zero-order valence-corrected chi connectivity index (χ0v) is 10.9. The van der Waals surface area contributed by atoms with E-state index in [1.54, 1.807) is 6.20 Å². The minimum absolute atomic E-state index is 0.310. The van der Waals surface area contributed by atoms with Crippen molar-refractivity contribution < 1.29 is 0 Å². The molecule has 0 amide bonds. The number of nitrogens with two attached hydrogens (primary N) is 1. The van der Waals surface area contributed by atoms with Crippen LogP contribution in [0.15, 0.2) is 12.4 Å². The van der Waals surface area contributed by atoms with Crippen LogP contribution in [0, 0.1) is 6.92 Å². The molecule has 96 valence electrons. The Labute approximate surface area is 109 Å². The highest BCUT2D eigenvalue weighted by molar-refractivity contribution is 6.32. The first-order chi connectivity index (χ1) is 8.61. The Kier molecular flexibility index (Phi) is 3.63. The van der Waals surface area contributed by atoms with Crippen molar-refractivity contribution in [2.45, 2.75) is 13.5 Å². The van der Waals surface area contributed by atoms with Crippen molar-refractivity contribution in [3.05, 3.63) is 28.7 Å². The lowest BCUT2D eigenvalue weighted by Gasteiger charge is -2.08. The molecule has 0 unspecified atom stereocenters. The molecular weight excluding hydrogens is 254 g/mol. The summed E-state index contributed by atoms with van der Waals surface area (Å²) in [7, 11) is 1.90. The summed E-state index contributed by atoms with van der Waals surface area (Å²) >= 11 is 5.99. The lowest BCUT2D eigenvalue weighted by Crippen LogP contribution is -2.12. The van der Waals surface area contributed by atoms with Crippen molar-refractivity contribution in [2.24, 2.45) is 12.9 Å². The number of anilines is 2. The summed E-state index contributed by atoms with van der Waals surface area (Å²) in [5.41, 5.74) is 4.54. The summed E-state index contributed by atoms with van der Waals surface area (Å²) in [6.45, 7) is 2.58. The largest absolute Gasteiger partial charge is 0.364 e. The van der Waals surface area contributed by atoms with Gasteiger partial charge in [-0.05, 0) is 6.92 Å². The first-order valence-electron chi connectivity index (χ1n) is 5.32. The topological polar surface area (TPSA) is 93.7 Å². The zero-order chi connectivity index (χ0) is 13.1. The van der Waals surface area contributed by atoms with Crippen molar-refractivity contribution in [1.82, 2.24) is 19.7 Å². The zero-order valence-electron chi connectivity index (χ0n) is 10.1. The molecule has 2 heterocycles. The molecule has 0 aromatic carbocycles. The van der Waals surface area contributed by atoms with Gasteiger partial charge in [0.05, 0.1) is 12.4 Å². The minimum atomic E-state index is 0.310. The monoisotopic (exact) mass is 267 g/mol. The Morgan fingerprint density at radius 2 is 2.22 bits per heavy atom. The lowest BCUT2D eigenvalue weighted by atomic mass is 10.2. The van der Waals surface area contributed by atoms with Crippen molar-refractivity contribution >= 4 is 23.4 Å². The first-order valence-corrected chi connectivity index (χ1v) is 5.70. The van der Waals surface area contributed by atoms with Crippen LogP contribution in [0.5, 0.6) is 0 Å². The van der Waals surface area contributed by atoms with Crippen LogP contribution < -0.4 is 16.6 Å². The van der Waals surface area contributed by atoms with Crippen molar-refractivity contribution in [2.75, 3.05) is 10.7 Å². The summed E-state index contributed by atoms with van der Waals surface area (Å²) in [5.74, 6) is 6.08. The first kappa shape index (κ1) is 12.6. The molecule has 7 nitrogen and oxygen atoms in total. The number of nitrogens with one attached hydrogen (secondary N) is 2. The molecule has 0 aliphatic rings. The number of nitrogen functional groups attached to an aromatic ring is 1. The van der Waals surface area contributed by atoms with Gasteiger partial charge in [0.1, 0.15) is 5.02 Å². The molecule has 4 N–H and O–H groups in total. The van der Waals surface area contributed by atoms with E-state index < -0.39 is 0 Å². The molecule has 0 atom stereocenters. The second kappa shape index (κ2) is 5.19. The van der Waals surface area contributed by atoms with Crippen molar-refractivity contribution in [1.29, 1.82) is 0 Å². The second-order valence-electron chi connectivity index (χ2n) is 3.77. The maximum Gasteiger partial charge on any atom is 0.239 e. The van der Waals surface area contributed by atoms with Crippen LogP contribution in [0.1, 0.15) is 11.3 Å². The molecule has 0 spiro atoms. The van der Waals surface area contributed by atoms with Crippen LogP contribution in [0.4, 0.5) is 11.8 Å². The van der Waals surface area contributed by atoms with Gasteiger partial charge in [-0.3, -0.25) is 10.1 Å². The minimum Gasteiger partial charge on any atom is -0.364 e. The second-order valence-corrected chi connectivity index (χ2v) is 4.17. The SMILES string of the molecule is Cc1c(CNc2nc(NN)ncc2Cl)cnn1C. The van der Waals surface area contributed by atoms with E-state index in [2.05, 4.69) is 25.8 Å². The molecule has 8 heteroatoms. The number of rotatable bonds is 4. The summed E-state index contributed by atoms with van der Waals surface area (Å²) in [4.78, 5) is 8.02. The van der Waals surface area contributed by atoms with Crippen molar-refractivity contribution in [3.8, 4) is 0 Å². The molecule has 0 saturated carbocycles. The van der Waals surface area contributed by atoms with Crippen LogP contribution >= 0.6 is 11.6 Å². The van der Waals surface area contributed by atoms with E-state index in [-0.39, 0.29) is 0 Å². The Hall–Kier alpha value is -1.86. The Bertz CT molecular complexity index is 551. The Balaban J connectivity index is 2.12. The average molecular weight is 268 g/mol. The Morgan fingerprint density at radius 3 is 2.83 bits per heavy atom. The fourth-order valence-electron chi connectivity index (χ4n) is 1.46. The number of hydrogen-bond donors (Lipinski definition) is 3. The molecule has 0 bridgehead atoms. The van der Waals surface area contributed by atoms with Gasteiger partial charge in [0.2, 0.25) is 5.95 Å². The van der Waals surface area contributed by atoms with Gasteiger partial charge in [-0.25, -0.2) is 10.8 Å². The average Bonchev–Trinajstić information content (AvgIpc) is 2.69. The van der Waals surface area contributed by atoms with Crippen LogP contribution in [0.2, 0.25) is 5.02 Å². The number of hydrogen-bond acceptors (Lipinski definition) is 6. The van der Waals surface area contributed by atoms with Gasteiger partial charge < -0.3 is 5.32 Å². The van der Waals surface area contributed by atoms with Gasteiger partial charge in [0.15, 0.2) is 5.82 Å². The third-order valence-corrected chi connectivity index (χ3v) is 2.93. The molecule has 2 aromatic rings. The number of nitrogens with zero attached hydrogens (tertiary/aromatic N) is 4. The van der Waals surface area contributed by atoms with E-state index in [0.717, 1.165) is 11.3 Å². The third kappa shape index (κ3) is 2.52. The molecule has 0 radical (unpaired) electrons. The lowest BCUT2D eigenvalue weighted by molar-refractivity contribution is 0.738. The molecule has 0 aliphatic heterocycles. The molecule has 2 aromatic heterocycles. The van der Waals surface area contributed by atoms with Crippen LogP contribution in [-0.4, -0.2) is 19.7 Å². The highest BCUT2D eigenvalue weighted by Gasteiger charge is 2.07. The number of aryl methyl sites for hydroxylation is 1. The summed E-state index contributed by atoms with van der Waals surface area (Å²) in [5, 5.41) is 7.73. The summed E-state index contributed by atoms with van der Waals surface area (Å²) in [6, 6.07) is 0. The molecule has 0 saturated heterocycles. The molecular formula is C10H14ClN7. The van der Waals surface area contributed by atoms with Gasteiger partial charge in [-0.15, -0.1) is 0 Å². The van der Waals surface area contributed by atoms with Crippen molar-refractivity contribution in [3.63, 3.8) is 0 Å². The highest BCUT2D eigenvalue weighted by atomic mass is 35.5. The quantitative estimate of drug-likeness (QED) is 0.567. The normalized spacial score (nSPS) is 10.4. The molecule has 18 heavy (non-hydrogen) atoms. The highest BCUT2D eigenvalue weighted by Crippen LogP contribution is 2.20. The maximum atomic E-state index is 5.99. The predicted octanol–water partition coefficient (Wildman–Crippen LogP) is 1.07. The van der Waals surface area contributed by atoms with E-state index in [9.17, 15) is 0 Å². The number of aromatic nitrogens is 4. The van der Waals surface area contributed by atoms with Gasteiger partial charge in [0, 0.05) is 24.8 Å². The van der Waals surface area contributed by atoms with E-state index >= 15 is 0 Å². The van der Waals surface area contributed by atoms with Crippen LogP contribution in [0.25, 0.3) is 0 Å². The van der Waals surface area contributed by atoms with E-state index in [4.69, 9.17) is 17.4 Å². The molecule has 2 rings (SSSR count). The van der Waals surface area contributed by atoms with Gasteiger partial charge in [-0.1, -0.05) is 11.6 Å². The number of hydrazine groups is 1. The van der Waals surface area contributed by atoms with Crippen LogP contribution in [-0.2, 0) is 13.6 Å². The fraction of sp³-hybridized carbons (Fsp3) is 0.300. The number of halogens is 1. The standard InChI is InChI=1S/C10H14ClN7/c1-6-7(4-15-18(6)2)3-13-9-8(11)5-14-10(16-9)17-12/h4-5H,3,12H2,1-2H3,(H2,13,14,16,17). The molecule has 0 aliphatic carbocycles. The third-order valence-electron chi connectivity index (χ3n) is 2.66. The van der Waals surface area contributed by atoms with Crippen LogP contribution in [0.3, 0.4) is 0 Å².